The number of amides is 1. The highest BCUT2D eigenvalue weighted by Crippen LogP contribution is 2.23. The van der Waals surface area contributed by atoms with E-state index in [0.29, 0.717) is 34.5 Å². The van der Waals surface area contributed by atoms with Crippen molar-refractivity contribution in [2.75, 3.05) is 14.1 Å². The number of halogens is 2. The van der Waals surface area contributed by atoms with Crippen LogP contribution in [0.1, 0.15) is 32.7 Å². The van der Waals surface area contributed by atoms with Crippen molar-refractivity contribution in [3.8, 4) is 0 Å². The second kappa shape index (κ2) is 9.44. The third-order valence-corrected chi connectivity index (χ3v) is 5.37. The van der Waals surface area contributed by atoms with Gasteiger partial charge in [0.1, 0.15) is 5.15 Å². The predicted octanol–water partition coefficient (Wildman–Crippen LogP) is 4.54. The minimum Gasteiger partial charge on any atom is -0.348 e. The Kier molecular flexibility index (Phi) is 6.96. The number of nitrogens with zero attached hydrogens (tertiary/aromatic N) is 3. The molecule has 0 radical (unpaired) electrons. The molecular weight excluding hydrogens is 407 g/mol. The molecule has 0 saturated heterocycles. The van der Waals surface area contributed by atoms with Crippen LogP contribution in [0.4, 0.5) is 0 Å². The van der Waals surface area contributed by atoms with E-state index in [9.17, 15) is 4.79 Å². The van der Waals surface area contributed by atoms with Gasteiger partial charge in [-0.1, -0.05) is 65.7 Å². The van der Waals surface area contributed by atoms with Gasteiger partial charge in [-0.25, -0.2) is 4.68 Å². The Balaban J connectivity index is 1.75. The highest BCUT2D eigenvalue weighted by molar-refractivity contribution is 6.33. The van der Waals surface area contributed by atoms with E-state index < -0.39 is 0 Å². The zero-order valence-corrected chi connectivity index (χ0v) is 18.3. The lowest BCUT2D eigenvalue weighted by atomic mass is 10.1. The molecule has 0 aliphatic heterocycles. The van der Waals surface area contributed by atoms with E-state index in [1.54, 1.807) is 11.6 Å². The van der Waals surface area contributed by atoms with Crippen LogP contribution in [0.25, 0.3) is 0 Å². The van der Waals surface area contributed by atoms with Gasteiger partial charge < -0.3 is 10.2 Å². The molecule has 0 atom stereocenters. The van der Waals surface area contributed by atoms with Crippen molar-refractivity contribution in [3.05, 3.63) is 86.7 Å². The standard InChI is InChI=1S/C22H24Cl2N4O/c1-15-20(21(24)28(26-15)14-18-10-6-7-11-19(18)23)22(29)25-12-16-8-4-5-9-17(16)13-27(2)3/h4-11H,12-14H2,1-3H3,(H,25,29). The van der Waals surface area contributed by atoms with Gasteiger partial charge in [0.2, 0.25) is 0 Å². The molecule has 0 spiro atoms. The number of rotatable bonds is 7. The summed E-state index contributed by atoms with van der Waals surface area (Å²) in [6, 6.07) is 15.6. The zero-order chi connectivity index (χ0) is 21.0. The lowest BCUT2D eigenvalue weighted by Crippen LogP contribution is -2.24. The molecule has 2 aromatic carbocycles. The molecule has 3 rings (SSSR count). The third kappa shape index (κ3) is 5.18. The molecule has 1 heterocycles. The summed E-state index contributed by atoms with van der Waals surface area (Å²) in [7, 11) is 4.04. The summed E-state index contributed by atoms with van der Waals surface area (Å²) in [5, 5.41) is 8.36. The van der Waals surface area contributed by atoms with Crippen LogP contribution in [0, 0.1) is 6.92 Å². The van der Waals surface area contributed by atoms with Crippen LogP contribution >= 0.6 is 23.2 Å². The summed E-state index contributed by atoms with van der Waals surface area (Å²) in [6.45, 7) is 3.41. The van der Waals surface area contributed by atoms with Crippen molar-refractivity contribution in [2.45, 2.75) is 26.6 Å². The van der Waals surface area contributed by atoms with Gasteiger partial charge >= 0.3 is 0 Å². The van der Waals surface area contributed by atoms with E-state index in [1.807, 2.05) is 56.6 Å². The fraction of sp³-hybridized carbons (Fsp3) is 0.273. The molecule has 0 bridgehead atoms. The summed E-state index contributed by atoms with van der Waals surface area (Å²) in [5.74, 6) is -0.238. The number of aryl methyl sites for hydroxylation is 1. The first-order valence-electron chi connectivity index (χ1n) is 9.33. The molecule has 0 unspecified atom stereocenters. The topological polar surface area (TPSA) is 50.2 Å². The van der Waals surface area contributed by atoms with Crippen LogP contribution in [-0.2, 0) is 19.6 Å². The first-order valence-corrected chi connectivity index (χ1v) is 10.1. The van der Waals surface area contributed by atoms with Crippen molar-refractivity contribution < 1.29 is 4.79 Å². The van der Waals surface area contributed by atoms with E-state index in [0.717, 1.165) is 17.7 Å². The molecule has 0 saturated carbocycles. The van der Waals surface area contributed by atoms with Gasteiger partial charge in [-0.05, 0) is 43.8 Å². The van der Waals surface area contributed by atoms with Gasteiger partial charge in [-0.3, -0.25) is 4.79 Å². The van der Waals surface area contributed by atoms with Crippen LogP contribution in [0.3, 0.4) is 0 Å². The number of benzene rings is 2. The Morgan fingerprint density at radius 3 is 2.31 bits per heavy atom. The number of carbonyl (C=O) groups is 1. The molecule has 1 amide bonds. The summed E-state index contributed by atoms with van der Waals surface area (Å²) in [4.78, 5) is 14.9. The Labute approximate surface area is 181 Å². The lowest BCUT2D eigenvalue weighted by Gasteiger charge is -2.14. The second-order valence-electron chi connectivity index (χ2n) is 7.19. The molecule has 0 aliphatic carbocycles. The average molecular weight is 431 g/mol. The van der Waals surface area contributed by atoms with Crippen LogP contribution in [0.5, 0.6) is 0 Å². The molecule has 1 aromatic heterocycles. The van der Waals surface area contributed by atoms with Crippen molar-refractivity contribution in [2.24, 2.45) is 0 Å². The largest absolute Gasteiger partial charge is 0.348 e. The molecule has 0 aliphatic rings. The summed E-state index contributed by atoms with van der Waals surface area (Å²) >= 11 is 12.7. The zero-order valence-electron chi connectivity index (χ0n) is 16.7. The maximum absolute atomic E-state index is 12.8. The smallest absolute Gasteiger partial charge is 0.256 e. The van der Waals surface area contributed by atoms with Gasteiger partial charge in [-0.15, -0.1) is 0 Å². The van der Waals surface area contributed by atoms with E-state index in [1.165, 1.54) is 5.56 Å². The van der Waals surface area contributed by atoms with Gasteiger partial charge in [-0.2, -0.15) is 5.10 Å². The number of hydrogen-bond donors (Lipinski definition) is 1. The lowest BCUT2D eigenvalue weighted by molar-refractivity contribution is 0.0950. The van der Waals surface area contributed by atoms with Crippen LogP contribution in [-0.4, -0.2) is 34.7 Å². The molecule has 1 N–H and O–H groups in total. The molecule has 29 heavy (non-hydrogen) atoms. The monoisotopic (exact) mass is 430 g/mol. The van der Waals surface area contributed by atoms with Gasteiger partial charge in [0.25, 0.3) is 5.91 Å². The summed E-state index contributed by atoms with van der Waals surface area (Å²) in [6.07, 6.45) is 0. The van der Waals surface area contributed by atoms with E-state index >= 15 is 0 Å². The number of nitrogens with one attached hydrogen (secondary N) is 1. The van der Waals surface area contributed by atoms with Crippen LogP contribution in [0.15, 0.2) is 48.5 Å². The first-order chi connectivity index (χ1) is 13.9. The Morgan fingerprint density at radius 1 is 1.03 bits per heavy atom. The van der Waals surface area contributed by atoms with Crippen LogP contribution in [0.2, 0.25) is 10.2 Å². The van der Waals surface area contributed by atoms with Crippen molar-refractivity contribution >= 4 is 29.1 Å². The summed E-state index contributed by atoms with van der Waals surface area (Å²) < 4.78 is 1.60. The molecule has 5 nitrogen and oxygen atoms in total. The average Bonchev–Trinajstić information content (AvgIpc) is 2.95. The Morgan fingerprint density at radius 2 is 1.66 bits per heavy atom. The highest BCUT2D eigenvalue weighted by Gasteiger charge is 2.21. The van der Waals surface area contributed by atoms with Crippen LogP contribution < -0.4 is 5.32 Å². The SMILES string of the molecule is Cc1nn(Cc2ccccc2Cl)c(Cl)c1C(=O)NCc1ccccc1CN(C)C. The molecule has 7 heteroatoms. The number of carbonyl (C=O) groups excluding carboxylic acids is 1. The fourth-order valence-corrected chi connectivity index (χ4v) is 3.71. The number of hydrogen-bond acceptors (Lipinski definition) is 3. The fourth-order valence-electron chi connectivity index (χ4n) is 3.19. The molecule has 3 aromatic rings. The van der Waals surface area contributed by atoms with Gasteiger partial charge in [0.15, 0.2) is 0 Å². The Bertz CT molecular complexity index is 1010. The minimum atomic E-state index is -0.238. The van der Waals surface area contributed by atoms with Gasteiger partial charge in [0.05, 0.1) is 17.8 Å². The van der Waals surface area contributed by atoms with Gasteiger partial charge in [0, 0.05) is 18.1 Å². The Hall–Kier alpha value is -2.34. The van der Waals surface area contributed by atoms with E-state index in [2.05, 4.69) is 21.4 Å². The van der Waals surface area contributed by atoms with E-state index in [-0.39, 0.29) is 5.91 Å². The number of aromatic nitrogens is 2. The molecule has 0 fully saturated rings. The van der Waals surface area contributed by atoms with E-state index in [4.69, 9.17) is 23.2 Å². The molecular formula is C22H24Cl2N4O. The molecule has 152 valence electrons. The normalized spacial score (nSPS) is 11.1. The minimum absolute atomic E-state index is 0.238. The summed E-state index contributed by atoms with van der Waals surface area (Å²) in [5.41, 5.74) is 4.12. The first kappa shape index (κ1) is 21.4. The second-order valence-corrected chi connectivity index (χ2v) is 7.95. The maximum Gasteiger partial charge on any atom is 0.256 e. The van der Waals surface area contributed by atoms with Crippen molar-refractivity contribution in [3.63, 3.8) is 0 Å². The highest BCUT2D eigenvalue weighted by atomic mass is 35.5. The van der Waals surface area contributed by atoms with Crippen molar-refractivity contribution in [1.29, 1.82) is 0 Å². The maximum atomic E-state index is 12.8. The third-order valence-electron chi connectivity index (χ3n) is 4.61. The predicted molar refractivity (Wildman–Crippen MR) is 118 cm³/mol. The quantitative estimate of drug-likeness (QED) is 0.598. The van der Waals surface area contributed by atoms with Crippen molar-refractivity contribution in [1.82, 2.24) is 20.0 Å².